The van der Waals surface area contributed by atoms with Gasteiger partial charge in [0.1, 0.15) is 12.1 Å². The minimum Gasteiger partial charge on any atom is -0.395 e. The molecule has 0 amide bonds. The van der Waals surface area contributed by atoms with E-state index in [0.29, 0.717) is 6.04 Å². The predicted octanol–water partition coefficient (Wildman–Crippen LogP) is 1.61. The Morgan fingerprint density at radius 3 is 2.95 bits per heavy atom. The predicted molar refractivity (Wildman–Crippen MR) is 76.5 cm³/mol. The van der Waals surface area contributed by atoms with E-state index in [1.54, 1.807) is 12.5 Å². The number of hydrogen-bond acceptors (Lipinski definition) is 4. The quantitative estimate of drug-likeness (QED) is 0.919. The maximum atomic E-state index is 9.44. The number of imidazole rings is 1. The molecule has 106 valence electrons. The molecular formula is C15H20N4O. The molecule has 2 aromatic rings. The van der Waals surface area contributed by atoms with Crippen LogP contribution in [0.4, 0.5) is 0 Å². The lowest BCUT2D eigenvalue weighted by Gasteiger charge is -2.34. The molecule has 0 bridgehead atoms. The Hall–Kier alpha value is -1.72. The van der Waals surface area contributed by atoms with Crippen LogP contribution in [0.15, 0.2) is 37.1 Å². The zero-order valence-electron chi connectivity index (χ0n) is 11.5. The third-order valence-corrected chi connectivity index (χ3v) is 3.92. The number of likely N-dealkylation sites (tertiary alicyclic amines) is 1. The molecule has 3 rings (SSSR count). The summed E-state index contributed by atoms with van der Waals surface area (Å²) in [5.41, 5.74) is 1.19. The van der Waals surface area contributed by atoms with E-state index >= 15 is 0 Å². The topological polar surface area (TPSA) is 54.2 Å². The van der Waals surface area contributed by atoms with Crippen LogP contribution in [0.25, 0.3) is 5.82 Å². The molecule has 1 atom stereocenters. The average Bonchev–Trinajstić information content (AvgIpc) is 3.03. The van der Waals surface area contributed by atoms with E-state index in [-0.39, 0.29) is 6.61 Å². The van der Waals surface area contributed by atoms with Crippen molar-refractivity contribution in [2.75, 3.05) is 13.2 Å². The van der Waals surface area contributed by atoms with Crippen LogP contribution >= 0.6 is 0 Å². The average molecular weight is 272 g/mol. The van der Waals surface area contributed by atoms with Gasteiger partial charge in [-0.2, -0.15) is 0 Å². The van der Waals surface area contributed by atoms with Crippen molar-refractivity contribution < 1.29 is 5.11 Å². The number of aromatic nitrogens is 3. The minimum absolute atomic E-state index is 0.251. The fourth-order valence-corrected chi connectivity index (χ4v) is 2.77. The van der Waals surface area contributed by atoms with Gasteiger partial charge in [-0.25, -0.2) is 9.97 Å². The maximum Gasteiger partial charge on any atom is 0.137 e. The second-order valence-electron chi connectivity index (χ2n) is 5.30. The minimum atomic E-state index is 0.251. The summed E-state index contributed by atoms with van der Waals surface area (Å²) in [5.74, 6) is 0.878. The van der Waals surface area contributed by atoms with Gasteiger partial charge in [-0.15, -0.1) is 0 Å². The maximum absolute atomic E-state index is 9.44. The molecule has 2 aromatic heterocycles. The number of hydrogen-bond donors (Lipinski definition) is 1. The van der Waals surface area contributed by atoms with Gasteiger partial charge in [-0.3, -0.25) is 9.47 Å². The molecule has 0 spiro atoms. The van der Waals surface area contributed by atoms with Crippen molar-refractivity contribution in [1.82, 2.24) is 19.4 Å². The first-order valence-corrected chi connectivity index (χ1v) is 7.15. The van der Waals surface area contributed by atoms with E-state index in [1.807, 2.05) is 23.0 Å². The van der Waals surface area contributed by atoms with Gasteiger partial charge < -0.3 is 5.11 Å². The molecule has 1 fully saturated rings. The first-order chi connectivity index (χ1) is 9.86. The molecule has 1 aliphatic rings. The molecule has 20 heavy (non-hydrogen) atoms. The van der Waals surface area contributed by atoms with E-state index in [2.05, 4.69) is 20.9 Å². The van der Waals surface area contributed by atoms with E-state index in [4.69, 9.17) is 0 Å². The summed E-state index contributed by atoms with van der Waals surface area (Å²) in [6.07, 6.45) is 10.8. The highest BCUT2D eigenvalue weighted by atomic mass is 16.3. The first-order valence-electron chi connectivity index (χ1n) is 7.15. The Balaban J connectivity index is 1.68. The largest absolute Gasteiger partial charge is 0.395 e. The van der Waals surface area contributed by atoms with Crippen LogP contribution in [0.1, 0.15) is 24.8 Å². The van der Waals surface area contributed by atoms with Crippen molar-refractivity contribution >= 4 is 0 Å². The standard InChI is InChI=1S/C15H20N4O/c20-11-14-3-1-2-7-18(14)10-13-4-5-15(17-9-13)19-8-6-16-12-19/h4-6,8-9,12,14,20H,1-3,7,10-11H2/t14-/m1/s1. The van der Waals surface area contributed by atoms with Gasteiger partial charge in [0.25, 0.3) is 0 Å². The molecule has 0 aliphatic carbocycles. The number of piperidine rings is 1. The van der Waals surface area contributed by atoms with E-state index in [9.17, 15) is 5.11 Å². The Morgan fingerprint density at radius 1 is 1.30 bits per heavy atom. The number of aliphatic hydroxyl groups is 1. The Kier molecular flexibility index (Phi) is 4.08. The van der Waals surface area contributed by atoms with E-state index in [1.165, 1.54) is 18.4 Å². The zero-order valence-corrected chi connectivity index (χ0v) is 11.5. The summed E-state index contributed by atoms with van der Waals surface area (Å²) in [6, 6.07) is 4.41. The first kappa shape index (κ1) is 13.3. The van der Waals surface area contributed by atoms with Gasteiger partial charge in [-0.1, -0.05) is 12.5 Å². The van der Waals surface area contributed by atoms with Gasteiger partial charge in [0.05, 0.1) is 6.61 Å². The van der Waals surface area contributed by atoms with Gasteiger partial charge in [0.2, 0.25) is 0 Å². The third-order valence-electron chi connectivity index (χ3n) is 3.92. The second-order valence-corrected chi connectivity index (χ2v) is 5.30. The highest BCUT2D eigenvalue weighted by Gasteiger charge is 2.21. The second kappa shape index (κ2) is 6.15. The molecular weight excluding hydrogens is 252 g/mol. The van der Waals surface area contributed by atoms with Gasteiger partial charge in [-0.05, 0) is 31.0 Å². The van der Waals surface area contributed by atoms with Crippen LogP contribution in [-0.2, 0) is 6.54 Å². The molecule has 1 aliphatic heterocycles. The van der Waals surface area contributed by atoms with Gasteiger partial charge in [0.15, 0.2) is 0 Å². The lowest BCUT2D eigenvalue weighted by molar-refractivity contribution is 0.0840. The fourth-order valence-electron chi connectivity index (χ4n) is 2.77. The molecule has 1 N–H and O–H groups in total. The summed E-state index contributed by atoms with van der Waals surface area (Å²) < 4.78 is 1.89. The lowest BCUT2D eigenvalue weighted by atomic mass is 10.0. The van der Waals surface area contributed by atoms with Crippen LogP contribution in [0.5, 0.6) is 0 Å². The van der Waals surface area contributed by atoms with Crippen molar-refractivity contribution in [2.24, 2.45) is 0 Å². The molecule has 0 radical (unpaired) electrons. The molecule has 1 saturated heterocycles. The Labute approximate surface area is 118 Å². The zero-order chi connectivity index (χ0) is 13.8. The monoisotopic (exact) mass is 272 g/mol. The molecule has 5 heteroatoms. The van der Waals surface area contributed by atoms with Crippen molar-refractivity contribution in [3.8, 4) is 5.82 Å². The normalized spacial score (nSPS) is 20.1. The van der Waals surface area contributed by atoms with Crippen molar-refractivity contribution in [1.29, 1.82) is 0 Å². The summed E-state index contributed by atoms with van der Waals surface area (Å²) in [4.78, 5) is 10.9. The number of rotatable bonds is 4. The van der Waals surface area contributed by atoms with E-state index in [0.717, 1.165) is 25.3 Å². The fraction of sp³-hybridized carbons (Fsp3) is 0.467. The van der Waals surface area contributed by atoms with Crippen molar-refractivity contribution in [3.63, 3.8) is 0 Å². The highest BCUT2D eigenvalue weighted by molar-refractivity contribution is 5.25. The van der Waals surface area contributed by atoms with Crippen LogP contribution in [-0.4, -0.2) is 43.7 Å². The van der Waals surface area contributed by atoms with Gasteiger partial charge in [0, 0.05) is 31.2 Å². The molecule has 0 unspecified atom stereocenters. The van der Waals surface area contributed by atoms with Gasteiger partial charge >= 0.3 is 0 Å². The molecule has 0 aromatic carbocycles. The number of aliphatic hydroxyl groups excluding tert-OH is 1. The summed E-state index contributed by atoms with van der Waals surface area (Å²) in [5, 5.41) is 9.44. The van der Waals surface area contributed by atoms with Crippen molar-refractivity contribution in [2.45, 2.75) is 31.8 Å². The summed E-state index contributed by atoms with van der Waals surface area (Å²) in [6.45, 7) is 2.18. The third kappa shape index (κ3) is 2.89. The highest BCUT2D eigenvalue weighted by Crippen LogP contribution is 2.19. The lowest BCUT2D eigenvalue weighted by Crippen LogP contribution is -2.41. The molecule has 0 saturated carbocycles. The van der Waals surface area contributed by atoms with Crippen LogP contribution in [0.2, 0.25) is 0 Å². The Bertz CT molecular complexity index is 523. The summed E-state index contributed by atoms with van der Waals surface area (Å²) >= 11 is 0. The number of pyridine rings is 1. The van der Waals surface area contributed by atoms with Crippen LogP contribution in [0, 0.1) is 0 Å². The van der Waals surface area contributed by atoms with E-state index < -0.39 is 0 Å². The van der Waals surface area contributed by atoms with Crippen LogP contribution < -0.4 is 0 Å². The van der Waals surface area contributed by atoms with Crippen molar-refractivity contribution in [3.05, 3.63) is 42.6 Å². The summed E-state index contributed by atoms with van der Waals surface area (Å²) in [7, 11) is 0. The molecule has 3 heterocycles. The number of nitrogens with zero attached hydrogens (tertiary/aromatic N) is 4. The Morgan fingerprint density at radius 2 is 2.25 bits per heavy atom. The molecule has 5 nitrogen and oxygen atoms in total. The SMILES string of the molecule is OC[C@H]1CCCCN1Cc1ccc(-n2ccnc2)nc1. The van der Waals surface area contributed by atoms with Crippen LogP contribution in [0.3, 0.4) is 0 Å². The smallest absolute Gasteiger partial charge is 0.137 e.